The van der Waals surface area contributed by atoms with Gasteiger partial charge in [-0.25, -0.2) is 4.79 Å². The second-order valence-electron chi connectivity index (χ2n) is 5.71. The molecule has 0 amide bonds. The molecule has 0 radical (unpaired) electrons. The summed E-state index contributed by atoms with van der Waals surface area (Å²) in [5, 5.41) is 3.72. The van der Waals surface area contributed by atoms with E-state index in [1.165, 1.54) is 0 Å². The van der Waals surface area contributed by atoms with Crippen molar-refractivity contribution in [2.75, 3.05) is 6.61 Å². The number of hydrogen-bond acceptors (Lipinski definition) is 6. The fourth-order valence-corrected chi connectivity index (χ4v) is 2.47. The number of nitrogens with one attached hydrogen (secondary N) is 1. The molecule has 0 saturated heterocycles. The van der Waals surface area contributed by atoms with Gasteiger partial charge < -0.3 is 14.2 Å². The maximum Gasteiger partial charge on any atom is 0.338 e. The fraction of sp³-hybridized carbons (Fsp3) is 0.222. The summed E-state index contributed by atoms with van der Waals surface area (Å²) in [5.74, 6) is 0.109. The van der Waals surface area contributed by atoms with Gasteiger partial charge >= 0.3 is 5.97 Å². The van der Waals surface area contributed by atoms with Gasteiger partial charge in [-0.15, -0.1) is 0 Å². The molecule has 3 rings (SSSR count). The zero-order valence-corrected chi connectivity index (χ0v) is 14.1. The van der Waals surface area contributed by atoms with Crippen LogP contribution in [-0.4, -0.2) is 33.5 Å². The molecule has 2 heterocycles. The van der Waals surface area contributed by atoms with Gasteiger partial charge in [-0.05, 0) is 51.1 Å². The molecule has 128 valence electrons. The highest BCUT2D eigenvalue weighted by Crippen LogP contribution is 2.18. The van der Waals surface area contributed by atoms with E-state index >= 15 is 0 Å². The lowest BCUT2D eigenvalue weighted by Crippen LogP contribution is -2.14. The van der Waals surface area contributed by atoms with Gasteiger partial charge in [0.05, 0.1) is 5.56 Å². The highest BCUT2D eigenvalue weighted by atomic mass is 16.5. The van der Waals surface area contributed by atoms with Crippen LogP contribution in [0.5, 0.6) is 0 Å². The van der Waals surface area contributed by atoms with E-state index in [4.69, 9.17) is 9.26 Å². The Bertz CT molecular complexity index is 922. The average Bonchev–Trinajstić information content (AvgIpc) is 3.17. The molecule has 1 N–H and O–H groups in total. The lowest BCUT2D eigenvalue weighted by atomic mass is 10.1. The lowest BCUT2D eigenvalue weighted by molar-refractivity contribution is 0.0474. The molecule has 0 aliphatic rings. The Labute approximate surface area is 144 Å². The Morgan fingerprint density at radius 3 is 2.44 bits per heavy atom. The van der Waals surface area contributed by atoms with Gasteiger partial charge in [0.1, 0.15) is 0 Å². The third-order valence-electron chi connectivity index (χ3n) is 3.68. The molecule has 0 unspecified atom stereocenters. The molecule has 0 bridgehead atoms. The number of aryl methyl sites for hydroxylation is 3. The minimum absolute atomic E-state index is 0.242. The number of H-pyrrole nitrogens is 1. The van der Waals surface area contributed by atoms with Crippen LogP contribution in [-0.2, 0) is 4.74 Å². The van der Waals surface area contributed by atoms with Crippen LogP contribution >= 0.6 is 0 Å². The van der Waals surface area contributed by atoms with E-state index in [0.717, 1.165) is 11.4 Å². The van der Waals surface area contributed by atoms with Crippen molar-refractivity contribution in [3.63, 3.8) is 0 Å². The number of ketones is 1. The van der Waals surface area contributed by atoms with Gasteiger partial charge in [-0.2, -0.15) is 4.98 Å². The Hall–Kier alpha value is -3.22. The third kappa shape index (κ3) is 3.65. The van der Waals surface area contributed by atoms with Gasteiger partial charge in [0, 0.05) is 22.5 Å². The predicted molar refractivity (Wildman–Crippen MR) is 89.4 cm³/mol. The summed E-state index contributed by atoms with van der Waals surface area (Å²) in [6.07, 6.45) is 0. The van der Waals surface area contributed by atoms with Crippen LogP contribution in [0.15, 0.2) is 34.9 Å². The summed E-state index contributed by atoms with van der Waals surface area (Å²) in [5.41, 5.74) is 3.23. The van der Waals surface area contributed by atoms with Crippen molar-refractivity contribution in [2.45, 2.75) is 20.8 Å². The monoisotopic (exact) mass is 339 g/mol. The smallest absolute Gasteiger partial charge is 0.338 e. The zero-order chi connectivity index (χ0) is 18.0. The molecule has 1 aromatic carbocycles. The van der Waals surface area contributed by atoms with Gasteiger partial charge in [0.15, 0.2) is 12.4 Å². The summed E-state index contributed by atoms with van der Waals surface area (Å²) in [4.78, 5) is 31.4. The number of nitrogens with zero attached hydrogens (tertiary/aromatic N) is 2. The summed E-state index contributed by atoms with van der Waals surface area (Å²) in [6, 6.07) is 8.30. The minimum Gasteiger partial charge on any atom is -0.454 e. The molecule has 0 atom stereocenters. The van der Waals surface area contributed by atoms with Gasteiger partial charge in [-0.3, -0.25) is 4.79 Å². The summed E-state index contributed by atoms with van der Waals surface area (Å²) >= 11 is 0. The van der Waals surface area contributed by atoms with E-state index in [2.05, 4.69) is 15.1 Å². The number of carbonyl (C=O) groups excluding carboxylic acids is 2. The van der Waals surface area contributed by atoms with E-state index < -0.39 is 5.97 Å². The Morgan fingerprint density at radius 2 is 1.88 bits per heavy atom. The number of aromatic nitrogens is 3. The summed E-state index contributed by atoms with van der Waals surface area (Å²) in [6.45, 7) is 5.09. The zero-order valence-electron chi connectivity index (χ0n) is 14.1. The minimum atomic E-state index is -0.563. The molecule has 7 heteroatoms. The molecule has 0 aliphatic heterocycles. The average molecular weight is 339 g/mol. The van der Waals surface area contributed by atoms with Gasteiger partial charge in [0.2, 0.25) is 5.78 Å². The van der Waals surface area contributed by atoms with Crippen molar-refractivity contribution in [2.24, 2.45) is 0 Å². The first kappa shape index (κ1) is 16.6. The Morgan fingerprint density at radius 1 is 1.16 bits per heavy atom. The predicted octanol–water partition coefficient (Wildman–Crippen LogP) is 3.03. The maximum atomic E-state index is 12.1. The van der Waals surface area contributed by atoms with Crippen LogP contribution in [0.2, 0.25) is 0 Å². The second-order valence-corrected chi connectivity index (χ2v) is 5.71. The number of rotatable bonds is 5. The molecular formula is C18H17N3O4. The van der Waals surface area contributed by atoms with Crippen molar-refractivity contribution < 1.29 is 18.8 Å². The van der Waals surface area contributed by atoms with Crippen molar-refractivity contribution in [1.29, 1.82) is 0 Å². The van der Waals surface area contributed by atoms with Crippen LogP contribution in [0.3, 0.4) is 0 Å². The molecule has 0 fully saturated rings. The third-order valence-corrected chi connectivity index (χ3v) is 3.68. The highest BCUT2D eigenvalue weighted by molar-refractivity contribution is 6.00. The molecule has 0 aliphatic carbocycles. The SMILES string of the molecule is Cc1noc(-c2ccc(C(=O)OCC(=O)c3cc(C)[nH]c3C)cc2)n1. The number of benzene rings is 1. The van der Waals surface area contributed by atoms with Crippen LogP contribution in [0, 0.1) is 20.8 Å². The summed E-state index contributed by atoms with van der Waals surface area (Å²) < 4.78 is 10.2. The molecule has 2 aromatic heterocycles. The molecule has 25 heavy (non-hydrogen) atoms. The molecule has 3 aromatic rings. The maximum absolute atomic E-state index is 12.1. The van der Waals surface area contributed by atoms with Crippen molar-refractivity contribution >= 4 is 11.8 Å². The van der Waals surface area contributed by atoms with Crippen LogP contribution in [0.25, 0.3) is 11.5 Å². The quantitative estimate of drug-likeness (QED) is 0.567. The molecule has 0 saturated carbocycles. The first-order chi connectivity index (χ1) is 11.9. The first-order valence-corrected chi connectivity index (χ1v) is 7.71. The molecule has 7 nitrogen and oxygen atoms in total. The lowest BCUT2D eigenvalue weighted by Gasteiger charge is -2.04. The number of ether oxygens (including phenoxy) is 1. The molecular weight excluding hydrogens is 322 g/mol. The number of hydrogen-bond donors (Lipinski definition) is 1. The number of Topliss-reactive ketones (excluding diaryl/α,β-unsaturated/α-hetero) is 1. The standard InChI is InChI=1S/C18H17N3O4/c1-10-8-15(11(2)19-10)16(22)9-24-18(23)14-6-4-13(5-7-14)17-20-12(3)21-25-17/h4-8,19H,9H2,1-3H3. The number of esters is 1. The largest absolute Gasteiger partial charge is 0.454 e. The number of carbonyl (C=O) groups is 2. The summed E-state index contributed by atoms with van der Waals surface area (Å²) in [7, 11) is 0. The van der Waals surface area contributed by atoms with Crippen LogP contribution in [0.4, 0.5) is 0 Å². The van der Waals surface area contributed by atoms with Crippen molar-refractivity contribution in [3.05, 3.63) is 58.7 Å². The van der Waals surface area contributed by atoms with E-state index in [0.29, 0.717) is 28.4 Å². The van der Waals surface area contributed by atoms with Gasteiger partial charge in [-0.1, -0.05) is 5.16 Å². The second kappa shape index (κ2) is 6.72. The van der Waals surface area contributed by atoms with Crippen molar-refractivity contribution in [1.82, 2.24) is 15.1 Å². The Balaban J connectivity index is 1.63. The van der Waals surface area contributed by atoms with Crippen molar-refractivity contribution in [3.8, 4) is 11.5 Å². The molecule has 0 spiro atoms. The van der Waals surface area contributed by atoms with Crippen LogP contribution < -0.4 is 0 Å². The number of aromatic amines is 1. The van der Waals surface area contributed by atoms with E-state index in [1.807, 2.05) is 6.92 Å². The normalized spacial score (nSPS) is 10.7. The first-order valence-electron chi connectivity index (χ1n) is 7.71. The van der Waals surface area contributed by atoms with E-state index in [1.54, 1.807) is 44.2 Å². The highest BCUT2D eigenvalue weighted by Gasteiger charge is 2.15. The topological polar surface area (TPSA) is 98.1 Å². The van der Waals surface area contributed by atoms with E-state index in [-0.39, 0.29) is 12.4 Å². The fourth-order valence-electron chi connectivity index (χ4n) is 2.47. The van der Waals surface area contributed by atoms with Gasteiger partial charge in [0.25, 0.3) is 5.89 Å². The Kier molecular flexibility index (Phi) is 4.47. The van der Waals surface area contributed by atoms with Crippen LogP contribution in [0.1, 0.15) is 37.9 Å². The van der Waals surface area contributed by atoms with E-state index in [9.17, 15) is 9.59 Å².